The van der Waals surface area contributed by atoms with E-state index in [0.717, 1.165) is 22.3 Å². The predicted molar refractivity (Wildman–Crippen MR) is 118 cm³/mol. The highest BCUT2D eigenvalue weighted by Crippen LogP contribution is 2.42. The Bertz CT molecular complexity index is 1170. The lowest BCUT2D eigenvalue weighted by atomic mass is 9.94. The molecule has 1 N–H and O–H groups in total. The molecule has 1 unspecified atom stereocenters. The van der Waals surface area contributed by atoms with Gasteiger partial charge in [-0.2, -0.15) is 0 Å². The summed E-state index contributed by atoms with van der Waals surface area (Å²) in [5.41, 5.74) is 5.07. The standard InChI is InChI=1S/C26H23NO3/c1-16-10-12-19(13-11-16)24(28)22-23(20-8-4-6-17(2)14-20)27(26(30)25(22)29)21-9-5-7-18(3)15-21/h4-15,23,28H,1-3H3/b24-22+. The van der Waals surface area contributed by atoms with Gasteiger partial charge in [0, 0.05) is 11.3 Å². The summed E-state index contributed by atoms with van der Waals surface area (Å²) in [7, 11) is 0. The number of nitrogens with zero attached hydrogens (tertiary/aromatic N) is 1. The van der Waals surface area contributed by atoms with Crippen molar-refractivity contribution in [2.75, 3.05) is 4.90 Å². The van der Waals surface area contributed by atoms with Crippen LogP contribution in [-0.2, 0) is 9.59 Å². The van der Waals surface area contributed by atoms with Crippen LogP contribution < -0.4 is 4.90 Å². The molecule has 3 aromatic carbocycles. The van der Waals surface area contributed by atoms with E-state index in [4.69, 9.17) is 0 Å². The monoisotopic (exact) mass is 397 g/mol. The van der Waals surface area contributed by atoms with Crippen molar-refractivity contribution in [3.8, 4) is 0 Å². The smallest absolute Gasteiger partial charge is 0.300 e. The van der Waals surface area contributed by atoms with Crippen LogP contribution in [0.2, 0.25) is 0 Å². The highest BCUT2D eigenvalue weighted by molar-refractivity contribution is 6.51. The van der Waals surface area contributed by atoms with Crippen molar-refractivity contribution in [2.24, 2.45) is 0 Å². The van der Waals surface area contributed by atoms with E-state index >= 15 is 0 Å². The Hall–Kier alpha value is -3.66. The Balaban J connectivity index is 1.96. The molecule has 4 nitrogen and oxygen atoms in total. The molecule has 1 aliphatic rings. The van der Waals surface area contributed by atoms with E-state index in [-0.39, 0.29) is 11.3 Å². The molecule has 0 spiro atoms. The maximum atomic E-state index is 13.1. The van der Waals surface area contributed by atoms with Crippen LogP contribution in [0.1, 0.15) is 33.9 Å². The topological polar surface area (TPSA) is 57.6 Å². The van der Waals surface area contributed by atoms with Gasteiger partial charge in [0.15, 0.2) is 0 Å². The highest BCUT2D eigenvalue weighted by Gasteiger charge is 2.46. The number of anilines is 1. The molecule has 4 rings (SSSR count). The van der Waals surface area contributed by atoms with E-state index in [0.29, 0.717) is 11.3 Å². The number of hydrogen-bond donors (Lipinski definition) is 1. The second-order valence-corrected chi connectivity index (χ2v) is 7.79. The van der Waals surface area contributed by atoms with Crippen molar-refractivity contribution < 1.29 is 14.7 Å². The molecule has 0 saturated carbocycles. The van der Waals surface area contributed by atoms with Crippen molar-refractivity contribution in [1.82, 2.24) is 0 Å². The molecule has 1 amide bonds. The van der Waals surface area contributed by atoms with Gasteiger partial charge in [-0.25, -0.2) is 0 Å². The zero-order valence-corrected chi connectivity index (χ0v) is 17.2. The fraction of sp³-hybridized carbons (Fsp3) is 0.154. The normalized spacial score (nSPS) is 18.1. The quantitative estimate of drug-likeness (QED) is 0.374. The average Bonchev–Trinajstić information content (AvgIpc) is 2.99. The Morgan fingerprint density at radius 3 is 2.07 bits per heavy atom. The van der Waals surface area contributed by atoms with Gasteiger partial charge in [0.2, 0.25) is 0 Å². The summed E-state index contributed by atoms with van der Waals surface area (Å²) in [4.78, 5) is 27.7. The highest BCUT2D eigenvalue weighted by atomic mass is 16.3. The number of Topliss-reactive ketones (excluding diaryl/α,β-unsaturated/α-hetero) is 1. The van der Waals surface area contributed by atoms with Crippen LogP contribution in [0, 0.1) is 20.8 Å². The minimum absolute atomic E-state index is 0.107. The Labute approximate surface area is 176 Å². The van der Waals surface area contributed by atoms with E-state index in [2.05, 4.69) is 0 Å². The summed E-state index contributed by atoms with van der Waals surface area (Å²) in [5, 5.41) is 11.1. The molecule has 0 bridgehead atoms. The first-order valence-corrected chi connectivity index (χ1v) is 9.88. The third-order valence-corrected chi connectivity index (χ3v) is 5.41. The molecule has 0 aromatic heterocycles. The summed E-state index contributed by atoms with van der Waals surface area (Å²) >= 11 is 0. The Morgan fingerprint density at radius 2 is 1.43 bits per heavy atom. The minimum Gasteiger partial charge on any atom is -0.507 e. The van der Waals surface area contributed by atoms with Gasteiger partial charge in [0.25, 0.3) is 11.7 Å². The summed E-state index contributed by atoms with van der Waals surface area (Å²) in [5.74, 6) is -1.48. The van der Waals surface area contributed by atoms with Crippen molar-refractivity contribution in [3.05, 3.63) is 106 Å². The average molecular weight is 397 g/mol. The van der Waals surface area contributed by atoms with Gasteiger partial charge < -0.3 is 5.11 Å². The number of amides is 1. The molecule has 1 aliphatic heterocycles. The van der Waals surface area contributed by atoms with Crippen LogP contribution in [0.4, 0.5) is 5.69 Å². The van der Waals surface area contributed by atoms with Gasteiger partial charge in [-0.15, -0.1) is 0 Å². The molecule has 1 saturated heterocycles. The molecule has 1 heterocycles. The van der Waals surface area contributed by atoms with Crippen LogP contribution in [0.5, 0.6) is 0 Å². The van der Waals surface area contributed by atoms with Crippen molar-refractivity contribution >= 4 is 23.1 Å². The number of benzene rings is 3. The minimum atomic E-state index is -0.701. The molecule has 150 valence electrons. The van der Waals surface area contributed by atoms with Gasteiger partial charge >= 0.3 is 0 Å². The summed E-state index contributed by atoms with van der Waals surface area (Å²) in [6, 6.07) is 21.7. The first-order valence-electron chi connectivity index (χ1n) is 9.88. The number of carbonyl (C=O) groups excluding carboxylic acids is 2. The Morgan fingerprint density at radius 1 is 0.800 bits per heavy atom. The number of rotatable bonds is 3. The van der Waals surface area contributed by atoms with Crippen molar-refractivity contribution in [3.63, 3.8) is 0 Å². The second kappa shape index (κ2) is 7.64. The molecule has 1 atom stereocenters. The van der Waals surface area contributed by atoms with Crippen LogP contribution >= 0.6 is 0 Å². The number of aryl methyl sites for hydroxylation is 3. The molecule has 0 aliphatic carbocycles. The van der Waals surface area contributed by atoms with E-state index in [1.165, 1.54) is 4.90 Å². The summed E-state index contributed by atoms with van der Waals surface area (Å²) in [6.07, 6.45) is 0. The fourth-order valence-corrected chi connectivity index (χ4v) is 3.90. The largest absolute Gasteiger partial charge is 0.507 e. The van der Waals surface area contributed by atoms with Crippen molar-refractivity contribution in [2.45, 2.75) is 26.8 Å². The molecular weight excluding hydrogens is 374 g/mol. The fourth-order valence-electron chi connectivity index (χ4n) is 3.90. The van der Waals surface area contributed by atoms with Crippen LogP contribution in [-0.4, -0.2) is 16.8 Å². The number of aliphatic hydroxyl groups excluding tert-OH is 1. The maximum Gasteiger partial charge on any atom is 0.300 e. The van der Waals surface area contributed by atoms with Gasteiger partial charge in [0.1, 0.15) is 5.76 Å². The molecule has 30 heavy (non-hydrogen) atoms. The van der Waals surface area contributed by atoms with E-state index in [9.17, 15) is 14.7 Å². The Kier molecular flexibility index (Phi) is 5.00. The van der Waals surface area contributed by atoms with Crippen LogP contribution in [0.3, 0.4) is 0 Å². The third-order valence-electron chi connectivity index (χ3n) is 5.41. The molecule has 0 radical (unpaired) electrons. The van der Waals surface area contributed by atoms with Crippen molar-refractivity contribution in [1.29, 1.82) is 0 Å². The predicted octanol–water partition coefficient (Wildman–Crippen LogP) is 5.24. The lowest BCUT2D eigenvalue weighted by Gasteiger charge is -2.26. The molecule has 1 fully saturated rings. The number of aliphatic hydroxyl groups is 1. The number of hydrogen-bond acceptors (Lipinski definition) is 3. The van der Waals surface area contributed by atoms with E-state index in [1.807, 2.05) is 81.4 Å². The first-order chi connectivity index (χ1) is 14.4. The van der Waals surface area contributed by atoms with Crippen LogP contribution in [0.15, 0.2) is 78.4 Å². The van der Waals surface area contributed by atoms with Crippen LogP contribution in [0.25, 0.3) is 5.76 Å². The van der Waals surface area contributed by atoms with E-state index < -0.39 is 17.7 Å². The van der Waals surface area contributed by atoms with Gasteiger partial charge in [-0.1, -0.05) is 71.8 Å². The summed E-state index contributed by atoms with van der Waals surface area (Å²) in [6.45, 7) is 5.85. The number of ketones is 1. The van der Waals surface area contributed by atoms with Gasteiger partial charge in [-0.05, 0) is 44.0 Å². The zero-order chi connectivity index (χ0) is 21.4. The lowest BCUT2D eigenvalue weighted by molar-refractivity contribution is -0.132. The first kappa shape index (κ1) is 19.6. The maximum absolute atomic E-state index is 13.1. The SMILES string of the molecule is Cc1ccc(/C(O)=C2\C(=O)C(=O)N(c3cccc(C)c3)C2c2cccc(C)c2)cc1. The van der Waals surface area contributed by atoms with E-state index in [1.54, 1.807) is 12.1 Å². The second-order valence-electron chi connectivity index (χ2n) is 7.79. The third kappa shape index (κ3) is 3.41. The molecule has 4 heteroatoms. The lowest BCUT2D eigenvalue weighted by Crippen LogP contribution is -2.29. The zero-order valence-electron chi connectivity index (χ0n) is 17.2. The van der Waals surface area contributed by atoms with Gasteiger partial charge in [0.05, 0.1) is 11.6 Å². The molecular formula is C26H23NO3. The molecule has 3 aromatic rings. The van der Waals surface area contributed by atoms with Gasteiger partial charge in [-0.3, -0.25) is 14.5 Å². The number of carbonyl (C=O) groups is 2. The summed E-state index contributed by atoms with van der Waals surface area (Å²) < 4.78 is 0.